The van der Waals surface area contributed by atoms with Gasteiger partial charge < -0.3 is 10.0 Å². The lowest BCUT2D eigenvalue weighted by Crippen LogP contribution is -2.40. The zero-order chi connectivity index (χ0) is 16.7. The summed E-state index contributed by atoms with van der Waals surface area (Å²) in [5, 5.41) is 10.1. The number of aryl methyl sites for hydroxylation is 1. The zero-order valence-electron chi connectivity index (χ0n) is 13.5. The molecule has 1 fully saturated rings. The monoisotopic (exact) mass is 324 g/mol. The van der Waals surface area contributed by atoms with E-state index in [1.807, 2.05) is 29.2 Å². The smallest absolute Gasteiger partial charge is 0.306 e. The molecule has 2 heterocycles. The number of hydrogen-bond acceptors (Lipinski definition) is 3. The Morgan fingerprint density at radius 3 is 2.62 bits per heavy atom. The van der Waals surface area contributed by atoms with Gasteiger partial charge in [-0.2, -0.15) is 0 Å². The molecule has 1 aliphatic heterocycles. The van der Waals surface area contributed by atoms with Crippen molar-refractivity contribution in [2.45, 2.75) is 32.1 Å². The van der Waals surface area contributed by atoms with Crippen molar-refractivity contribution in [1.29, 1.82) is 0 Å². The van der Waals surface area contributed by atoms with Crippen LogP contribution in [-0.2, 0) is 17.6 Å². The molecular formula is C19H20N2O3. The minimum Gasteiger partial charge on any atom is -0.481 e. The lowest BCUT2D eigenvalue weighted by molar-refractivity contribution is -0.143. The van der Waals surface area contributed by atoms with Crippen molar-refractivity contribution in [3.05, 3.63) is 41.1 Å². The fourth-order valence-corrected chi connectivity index (χ4v) is 3.94. The number of amides is 1. The first-order valence-corrected chi connectivity index (χ1v) is 8.57. The van der Waals surface area contributed by atoms with E-state index in [9.17, 15) is 9.59 Å². The first-order chi connectivity index (χ1) is 11.6. The predicted octanol–water partition coefficient (Wildman–Crippen LogP) is 2.66. The van der Waals surface area contributed by atoms with Crippen LogP contribution in [0, 0.1) is 5.92 Å². The number of aliphatic carboxylic acids is 1. The van der Waals surface area contributed by atoms with Crippen LogP contribution >= 0.6 is 0 Å². The van der Waals surface area contributed by atoms with Crippen molar-refractivity contribution in [2.75, 3.05) is 13.1 Å². The Kier molecular flexibility index (Phi) is 3.71. The van der Waals surface area contributed by atoms with Gasteiger partial charge in [-0.15, -0.1) is 0 Å². The average Bonchev–Trinajstić information content (AvgIpc) is 3.07. The number of rotatable bonds is 2. The number of pyridine rings is 1. The van der Waals surface area contributed by atoms with Crippen molar-refractivity contribution in [3.8, 4) is 0 Å². The van der Waals surface area contributed by atoms with Gasteiger partial charge in [-0.3, -0.25) is 14.6 Å². The van der Waals surface area contributed by atoms with Crippen LogP contribution in [0.4, 0.5) is 0 Å². The number of hydrogen-bond donors (Lipinski definition) is 1. The Labute approximate surface area is 140 Å². The molecule has 1 saturated heterocycles. The summed E-state index contributed by atoms with van der Waals surface area (Å²) in [5.41, 5.74) is 3.82. The Bertz CT molecular complexity index is 823. The van der Waals surface area contributed by atoms with Gasteiger partial charge in [0, 0.05) is 24.2 Å². The molecule has 124 valence electrons. The molecule has 0 atom stereocenters. The molecule has 1 aliphatic carbocycles. The topological polar surface area (TPSA) is 70.5 Å². The number of carbonyl (C=O) groups is 2. The molecule has 0 spiro atoms. The SMILES string of the molecule is O=C(O)C1CCN(C(=O)c2c3c(nc4ccccc24)CCC3)CC1. The molecule has 24 heavy (non-hydrogen) atoms. The highest BCUT2D eigenvalue weighted by atomic mass is 16.4. The van der Waals surface area contributed by atoms with E-state index in [0.717, 1.165) is 47.0 Å². The fourth-order valence-electron chi connectivity index (χ4n) is 3.94. The molecule has 1 aromatic heterocycles. The second-order valence-electron chi connectivity index (χ2n) is 6.69. The standard InChI is InChI=1S/C19H20N2O3/c22-18(21-10-8-12(9-11-21)19(23)24)17-13-4-1-2-6-15(13)20-16-7-3-5-14(16)17/h1-2,4,6,12H,3,5,7-11H2,(H,23,24). The van der Waals surface area contributed by atoms with E-state index < -0.39 is 5.97 Å². The van der Waals surface area contributed by atoms with Gasteiger partial charge in [0.1, 0.15) is 0 Å². The van der Waals surface area contributed by atoms with E-state index in [2.05, 4.69) is 0 Å². The third-order valence-electron chi connectivity index (χ3n) is 5.26. The number of fused-ring (bicyclic) bond motifs is 2. The maximum Gasteiger partial charge on any atom is 0.306 e. The minimum absolute atomic E-state index is 0.0376. The van der Waals surface area contributed by atoms with Crippen molar-refractivity contribution in [2.24, 2.45) is 5.92 Å². The van der Waals surface area contributed by atoms with Gasteiger partial charge in [0.25, 0.3) is 5.91 Å². The van der Waals surface area contributed by atoms with E-state index in [-0.39, 0.29) is 11.8 Å². The summed E-state index contributed by atoms with van der Waals surface area (Å²) >= 11 is 0. The van der Waals surface area contributed by atoms with Crippen LogP contribution in [0.2, 0.25) is 0 Å². The molecule has 1 aromatic carbocycles. The van der Waals surface area contributed by atoms with E-state index in [4.69, 9.17) is 10.1 Å². The molecule has 1 amide bonds. The first-order valence-electron chi connectivity index (χ1n) is 8.57. The Balaban J connectivity index is 1.71. The number of benzene rings is 1. The fraction of sp³-hybridized carbons (Fsp3) is 0.421. The highest BCUT2D eigenvalue weighted by molar-refractivity contribution is 6.07. The van der Waals surface area contributed by atoms with Crippen LogP contribution in [0.5, 0.6) is 0 Å². The summed E-state index contributed by atoms with van der Waals surface area (Å²) in [5.74, 6) is -1.04. The third kappa shape index (κ3) is 2.44. The minimum atomic E-state index is -0.752. The summed E-state index contributed by atoms with van der Waals surface area (Å²) in [7, 11) is 0. The third-order valence-corrected chi connectivity index (χ3v) is 5.26. The molecule has 1 N–H and O–H groups in total. The molecule has 0 radical (unpaired) electrons. The summed E-state index contributed by atoms with van der Waals surface area (Å²) in [4.78, 5) is 30.9. The molecule has 0 saturated carbocycles. The largest absolute Gasteiger partial charge is 0.481 e. The summed E-state index contributed by atoms with van der Waals surface area (Å²) in [6, 6.07) is 7.82. The average molecular weight is 324 g/mol. The van der Waals surface area contributed by atoms with E-state index in [1.165, 1.54) is 0 Å². The van der Waals surface area contributed by atoms with E-state index in [0.29, 0.717) is 25.9 Å². The number of aromatic nitrogens is 1. The van der Waals surface area contributed by atoms with Crippen molar-refractivity contribution in [1.82, 2.24) is 9.88 Å². The number of piperidine rings is 1. The number of carboxylic acid groups (broad SMARTS) is 1. The zero-order valence-corrected chi connectivity index (χ0v) is 13.5. The van der Waals surface area contributed by atoms with Crippen LogP contribution in [0.25, 0.3) is 10.9 Å². The molecule has 2 aliphatic rings. The second-order valence-corrected chi connectivity index (χ2v) is 6.69. The van der Waals surface area contributed by atoms with Gasteiger partial charge in [0.05, 0.1) is 17.0 Å². The molecule has 5 nitrogen and oxygen atoms in total. The lowest BCUT2D eigenvalue weighted by atomic mass is 9.95. The van der Waals surface area contributed by atoms with Crippen LogP contribution in [-0.4, -0.2) is 40.0 Å². The predicted molar refractivity (Wildman–Crippen MR) is 90.0 cm³/mol. The Morgan fingerprint density at radius 2 is 1.88 bits per heavy atom. The number of para-hydroxylation sites is 1. The van der Waals surface area contributed by atoms with Crippen LogP contribution in [0.1, 0.15) is 40.9 Å². The molecule has 0 bridgehead atoms. The molecule has 2 aromatic rings. The van der Waals surface area contributed by atoms with Gasteiger partial charge in [0.2, 0.25) is 0 Å². The molecule has 5 heteroatoms. The van der Waals surface area contributed by atoms with Crippen LogP contribution in [0.15, 0.2) is 24.3 Å². The Hall–Kier alpha value is -2.43. The van der Waals surface area contributed by atoms with Crippen LogP contribution < -0.4 is 0 Å². The van der Waals surface area contributed by atoms with Gasteiger partial charge in [-0.25, -0.2) is 0 Å². The maximum atomic E-state index is 13.2. The summed E-state index contributed by atoms with van der Waals surface area (Å²) < 4.78 is 0. The van der Waals surface area contributed by atoms with Crippen molar-refractivity contribution in [3.63, 3.8) is 0 Å². The quantitative estimate of drug-likeness (QED) is 0.922. The molecule has 4 rings (SSSR count). The second kappa shape index (κ2) is 5.89. The number of carboxylic acids is 1. The van der Waals surface area contributed by atoms with E-state index in [1.54, 1.807) is 0 Å². The lowest BCUT2D eigenvalue weighted by Gasteiger charge is -2.31. The van der Waals surface area contributed by atoms with Gasteiger partial charge in [0.15, 0.2) is 0 Å². The van der Waals surface area contributed by atoms with E-state index >= 15 is 0 Å². The number of carbonyl (C=O) groups excluding carboxylic acids is 1. The Morgan fingerprint density at radius 1 is 1.12 bits per heavy atom. The molecular weight excluding hydrogens is 304 g/mol. The molecule has 0 unspecified atom stereocenters. The number of likely N-dealkylation sites (tertiary alicyclic amines) is 1. The van der Waals surface area contributed by atoms with Gasteiger partial charge in [-0.05, 0) is 43.7 Å². The highest BCUT2D eigenvalue weighted by Gasteiger charge is 2.31. The number of nitrogens with zero attached hydrogens (tertiary/aromatic N) is 2. The van der Waals surface area contributed by atoms with Crippen molar-refractivity contribution >= 4 is 22.8 Å². The first kappa shape index (κ1) is 15.1. The van der Waals surface area contributed by atoms with Gasteiger partial charge in [-0.1, -0.05) is 18.2 Å². The highest BCUT2D eigenvalue weighted by Crippen LogP contribution is 2.31. The summed E-state index contributed by atoms with van der Waals surface area (Å²) in [6.07, 6.45) is 3.94. The van der Waals surface area contributed by atoms with Gasteiger partial charge >= 0.3 is 5.97 Å². The van der Waals surface area contributed by atoms with Crippen molar-refractivity contribution < 1.29 is 14.7 Å². The van der Waals surface area contributed by atoms with Crippen LogP contribution in [0.3, 0.4) is 0 Å². The maximum absolute atomic E-state index is 13.2. The summed E-state index contributed by atoms with van der Waals surface area (Å²) in [6.45, 7) is 1.03. The normalized spacial score (nSPS) is 17.9.